The molecule has 1 aromatic heterocycles. The minimum atomic E-state index is -0.630. The fourth-order valence-electron chi connectivity index (χ4n) is 3.35. The van der Waals surface area contributed by atoms with Crippen molar-refractivity contribution in [2.75, 3.05) is 6.73 Å². The number of aliphatic hydroxyl groups excluding tert-OH is 1. The predicted molar refractivity (Wildman–Crippen MR) is 103 cm³/mol. The number of amides is 1. The van der Waals surface area contributed by atoms with Gasteiger partial charge in [0, 0.05) is 21.7 Å². The number of fused-ring (bicyclic) bond motifs is 1. The van der Waals surface area contributed by atoms with Gasteiger partial charge in [0.05, 0.1) is 11.4 Å². The number of halogens is 1. The third-order valence-corrected chi connectivity index (χ3v) is 4.83. The van der Waals surface area contributed by atoms with Gasteiger partial charge in [-0.2, -0.15) is 0 Å². The first-order valence-electron chi connectivity index (χ1n) is 8.38. The van der Waals surface area contributed by atoms with Gasteiger partial charge in [-0.15, -0.1) is 0 Å². The smallest absolute Gasteiger partial charge is 0.262 e. The molecule has 1 atom stereocenters. The number of hydrogen-bond donors (Lipinski definition) is 3. The third kappa shape index (κ3) is 3.41. The molecule has 140 valence electrons. The summed E-state index contributed by atoms with van der Waals surface area (Å²) in [4.78, 5) is 25.4. The molecule has 3 aromatic rings. The van der Waals surface area contributed by atoms with E-state index in [1.807, 2.05) is 0 Å². The van der Waals surface area contributed by atoms with Gasteiger partial charge in [0.15, 0.2) is 0 Å². The summed E-state index contributed by atoms with van der Waals surface area (Å²) in [6, 6.07) is 11.3. The normalized spacial score (nSPS) is 12.1. The van der Waals surface area contributed by atoms with Crippen LogP contribution in [-0.4, -0.2) is 33.3 Å². The number of benzene rings is 2. The second-order valence-corrected chi connectivity index (χ2v) is 6.71. The Morgan fingerprint density at radius 1 is 1.22 bits per heavy atom. The number of carbonyl (C=O) groups excluding carboxylic acids is 2. The first-order valence-corrected chi connectivity index (χ1v) is 8.75. The summed E-state index contributed by atoms with van der Waals surface area (Å²) in [7, 11) is 0. The van der Waals surface area contributed by atoms with Crippen LogP contribution in [0.2, 0.25) is 5.02 Å². The predicted octanol–water partition coefficient (Wildman–Crippen LogP) is 3.17. The number of phenolic OH excluding ortho intramolecular Hbond substituents is 1. The van der Waals surface area contributed by atoms with Gasteiger partial charge in [-0.05, 0) is 55.8 Å². The second kappa shape index (κ2) is 7.42. The van der Waals surface area contributed by atoms with Crippen LogP contribution in [0.3, 0.4) is 0 Å². The monoisotopic (exact) mass is 386 g/mol. The van der Waals surface area contributed by atoms with Gasteiger partial charge < -0.3 is 15.5 Å². The minimum absolute atomic E-state index is 0.0332. The Kier molecular flexibility index (Phi) is 5.21. The molecule has 1 heterocycles. The summed E-state index contributed by atoms with van der Waals surface area (Å²) in [5.41, 5.74) is 2.19. The van der Waals surface area contributed by atoms with Gasteiger partial charge >= 0.3 is 0 Å². The van der Waals surface area contributed by atoms with Crippen LogP contribution in [0.5, 0.6) is 5.75 Å². The highest BCUT2D eigenvalue weighted by atomic mass is 35.5. The second-order valence-electron chi connectivity index (χ2n) is 6.27. The van der Waals surface area contributed by atoms with E-state index in [0.717, 1.165) is 0 Å². The maximum absolute atomic E-state index is 13.2. The molecule has 0 spiro atoms. The fraction of sp³-hybridized carbons (Fsp3) is 0.200. The molecule has 0 saturated heterocycles. The van der Waals surface area contributed by atoms with Crippen LogP contribution >= 0.6 is 11.6 Å². The van der Waals surface area contributed by atoms with Gasteiger partial charge in [0.25, 0.3) is 5.91 Å². The Balaban J connectivity index is 2.24. The molecule has 0 aliphatic carbocycles. The zero-order valence-electron chi connectivity index (χ0n) is 14.9. The van der Waals surface area contributed by atoms with E-state index in [2.05, 4.69) is 5.32 Å². The van der Waals surface area contributed by atoms with Crippen molar-refractivity contribution in [2.45, 2.75) is 19.8 Å². The van der Waals surface area contributed by atoms with E-state index in [1.54, 1.807) is 44.2 Å². The van der Waals surface area contributed by atoms with Crippen LogP contribution in [0, 0.1) is 6.92 Å². The molecule has 0 aliphatic rings. The zero-order chi connectivity index (χ0) is 19.7. The van der Waals surface area contributed by atoms with E-state index < -0.39 is 12.6 Å². The van der Waals surface area contributed by atoms with Crippen molar-refractivity contribution in [2.24, 2.45) is 0 Å². The van der Waals surface area contributed by atoms with Crippen LogP contribution in [0.4, 0.5) is 0 Å². The lowest BCUT2D eigenvalue weighted by molar-refractivity contribution is -0.123. The molecule has 3 N–H and O–H groups in total. The molecule has 7 heteroatoms. The topological polar surface area (TPSA) is 91.6 Å². The highest BCUT2D eigenvalue weighted by Crippen LogP contribution is 2.34. The van der Waals surface area contributed by atoms with Crippen molar-refractivity contribution >= 4 is 34.3 Å². The Hall–Kier alpha value is -2.83. The van der Waals surface area contributed by atoms with Crippen LogP contribution in [-0.2, 0) is 4.79 Å². The first kappa shape index (κ1) is 18.9. The largest absolute Gasteiger partial charge is 0.508 e. The molecule has 0 radical (unpaired) electrons. The molecule has 3 rings (SSSR count). The Morgan fingerprint density at radius 2 is 1.96 bits per heavy atom. The summed E-state index contributed by atoms with van der Waals surface area (Å²) in [6.45, 7) is 2.95. The van der Waals surface area contributed by atoms with Gasteiger partial charge in [-0.1, -0.05) is 17.7 Å². The number of nitrogens with zero attached hydrogens (tertiary/aromatic N) is 1. The quantitative estimate of drug-likeness (QED) is 0.600. The van der Waals surface area contributed by atoms with Crippen molar-refractivity contribution in [1.29, 1.82) is 0 Å². The average Bonchev–Trinajstić information content (AvgIpc) is 2.91. The number of aliphatic hydroxyl groups is 1. The number of hydrogen-bond acceptors (Lipinski definition) is 4. The van der Waals surface area contributed by atoms with E-state index in [9.17, 15) is 14.7 Å². The molecule has 1 amide bonds. The molecular weight excluding hydrogens is 368 g/mol. The van der Waals surface area contributed by atoms with E-state index in [0.29, 0.717) is 32.7 Å². The first-order chi connectivity index (χ1) is 12.8. The number of rotatable bonds is 4. The Bertz CT molecular complexity index is 1040. The lowest BCUT2D eigenvalue weighted by atomic mass is 9.97. The lowest BCUT2D eigenvalue weighted by Gasteiger charge is -2.12. The van der Waals surface area contributed by atoms with Crippen molar-refractivity contribution in [3.05, 3.63) is 64.3 Å². The number of carbonyl (C=O) groups is 2. The van der Waals surface area contributed by atoms with E-state index in [4.69, 9.17) is 16.7 Å². The van der Waals surface area contributed by atoms with Crippen molar-refractivity contribution in [3.63, 3.8) is 0 Å². The SMILES string of the molecule is Cc1c([C@@H](C)C(=O)NCO)c2cc(O)ccc2n1C(=O)c1cccc(Cl)c1. The highest BCUT2D eigenvalue weighted by molar-refractivity contribution is 6.31. The Labute approximate surface area is 161 Å². The third-order valence-electron chi connectivity index (χ3n) is 4.59. The minimum Gasteiger partial charge on any atom is -0.508 e. The van der Waals surface area contributed by atoms with Crippen LogP contribution in [0.15, 0.2) is 42.5 Å². The van der Waals surface area contributed by atoms with Crippen LogP contribution < -0.4 is 5.32 Å². The molecule has 2 aromatic carbocycles. The average molecular weight is 387 g/mol. The fourth-order valence-corrected chi connectivity index (χ4v) is 3.54. The number of phenols is 1. The highest BCUT2D eigenvalue weighted by Gasteiger charge is 2.26. The van der Waals surface area contributed by atoms with E-state index >= 15 is 0 Å². The number of aromatic hydroxyl groups is 1. The molecule has 0 fully saturated rings. The van der Waals surface area contributed by atoms with Gasteiger partial charge in [-0.3, -0.25) is 14.2 Å². The van der Waals surface area contributed by atoms with Gasteiger partial charge in [0.2, 0.25) is 5.91 Å². The molecule has 0 aliphatic heterocycles. The molecule has 27 heavy (non-hydrogen) atoms. The van der Waals surface area contributed by atoms with Crippen molar-refractivity contribution in [1.82, 2.24) is 9.88 Å². The van der Waals surface area contributed by atoms with Crippen molar-refractivity contribution in [3.8, 4) is 5.75 Å². The summed E-state index contributed by atoms with van der Waals surface area (Å²) < 4.78 is 1.51. The van der Waals surface area contributed by atoms with Crippen LogP contribution in [0.25, 0.3) is 10.9 Å². The van der Waals surface area contributed by atoms with E-state index in [1.165, 1.54) is 16.7 Å². The van der Waals surface area contributed by atoms with Crippen LogP contribution in [0.1, 0.15) is 34.5 Å². The van der Waals surface area contributed by atoms with Gasteiger partial charge in [0.1, 0.15) is 12.5 Å². The summed E-state index contributed by atoms with van der Waals surface area (Å²) in [5.74, 6) is -1.26. The summed E-state index contributed by atoms with van der Waals surface area (Å²) >= 11 is 6.02. The standard InChI is InChI=1S/C20H19ClN2O4/c1-11(19(26)22-10-24)18-12(2)23(17-7-6-15(25)9-16(17)18)20(27)13-4-3-5-14(21)8-13/h3-9,11,24-25H,10H2,1-2H3,(H,22,26)/t11-/m1/s1. The molecule has 0 bridgehead atoms. The lowest BCUT2D eigenvalue weighted by Crippen LogP contribution is -2.29. The summed E-state index contributed by atoms with van der Waals surface area (Å²) in [6.07, 6.45) is 0. The maximum Gasteiger partial charge on any atom is 0.262 e. The van der Waals surface area contributed by atoms with Crippen molar-refractivity contribution < 1.29 is 19.8 Å². The van der Waals surface area contributed by atoms with E-state index in [-0.39, 0.29) is 17.6 Å². The van der Waals surface area contributed by atoms with Gasteiger partial charge in [-0.25, -0.2) is 0 Å². The molecular formula is C20H19ClN2O4. The molecule has 0 unspecified atom stereocenters. The number of aromatic nitrogens is 1. The molecule has 6 nitrogen and oxygen atoms in total. The zero-order valence-corrected chi connectivity index (χ0v) is 15.6. The summed E-state index contributed by atoms with van der Waals surface area (Å²) in [5, 5.41) is 22.3. The number of nitrogens with one attached hydrogen (secondary N) is 1. The Morgan fingerprint density at radius 3 is 2.63 bits per heavy atom. The molecule has 0 saturated carbocycles. The maximum atomic E-state index is 13.2.